The average Bonchev–Trinajstić information content (AvgIpc) is 2.37. The van der Waals surface area contributed by atoms with Crippen LogP contribution in [0, 0.1) is 0 Å². The van der Waals surface area contributed by atoms with E-state index in [4.69, 9.17) is 15.2 Å². The number of carbonyl (C=O) groups is 1. The molecule has 0 radical (unpaired) electrons. The minimum Gasteiger partial charge on any atom is -0.460 e. The summed E-state index contributed by atoms with van der Waals surface area (Å²) in [7, 11) is 0. The van der Waals surface area contributed by atoms with Crippen LogP contribution in [0.4, 0.5) is 5.69 Å². The lowest BCUT2D eigenvalue weighted by Crippen LogP contribution is -2.13. The van der Waals surface area contributed by atoms with E-state index in [1.54, 1.807) is 12.1 Å². The Bertz CT molecular complexity index is 438. The smallest absolute Gasteiger partial charge is 0.340 e. The molecule has 0 spiro atoms. The van der Waals surface area contributed by atoms with Crippen LogP contribution in [0.3, 0.4) is 0 Å². The van der Waals surface area contributed by atoms with Crippen molar-refractivity contribution in [2.45, 2.75) is 19.8 Å². The van der Waals surface area contributed by atoms with Crippen molar-refractivity contribution < 1.29 is 14.3 Å². The molecule has 106 valence electrons. The summed E-state index contributed by atoms with van der Waals surface area (Å²) in [6, 6.07) is 3.42. The number of esters is 1. The van der Waals surface area contributed by atoms with Crippen LogP contribution in [0.2, 0.25) is 0 Å². The minimum absolute atomic E-state index is 0.228. The van der Waals surface area contributed by atoms with Crippen molar-refractivity contribution in [1.29, 1.82) is 0 Å². The zero-order valence-electron chi connectivity index (χ0n) is 10.7. The number of nitrogens with two attached hydrogens (primary N) is 1. The number of ether oxygens (including phenoxy) is 2. The number of benzene rings is 1. The van der Waals surface area contributed by atoms with Gasteiger partial charge in [-0.2, -0.15) is 0 Å². The Morgan fingerprint density at radius 1 is 1.26 bits per heavy atom. The molecule has 0 atom stereocenters. The second-order valence-electron chi connectivity index (χ2n) is 3.95. The van der Waals surface area contributed by atoms with Gasteiger partial charge in [0, 0.05) is 15.6 Å². The van der Waals surface area contributed by atoms with Crippen molar-refractivity contribution in [2.24, 2.45) is 0 Å². The van der Waals surface area contributed by atoms with Gasteiger partial charge in [-0.1, -0.05) is 29.3 Å². The SMILES string of the molecule is CCCCOCCOC(=O)c1cc(Br)cc(Br)c1N. The normalized spacial score (nSPS) is 10.5. The van der Waals surface area contributed by atoms with E-state index in [9.17, 15) is 4.79 Å². The first-order chi connectivity index (χ1) is 9.06. The molecule has 1 aromatic rings. The molecule has 0 saturated carbocycles. The van der Waals surface area contributed by atoms with E-state index < -0.39 is 5.97 Å². The molecule has 6 heteroatoms. The molecular formula is C13H17Br2NO3. The van der Waals surface area contributed by atoms with Crippen LogP contribution in [0.5, 0.6) is 0 Å². The van der Waals surface area contributed by atoms with Gasteiger partial charge in [0.05, 0.1) is 17.9 Å². The van der Waals surface area contributed by atoms with Crippen molar-refractivity contribution in [2.75, 3.05) is 25.6 Å². The molecule has 0 amide bonds. The van der Waals surface area contributed by atoms with Gasteiger partial charge in [0.2, 0.25) is 0 Å². The fourth-order valence-electron chi connectivity index (χ4n) is 1.37. The van der Waals surface area contributed by atoms with Gasteiger partial charge in [-0.15, -0.1) is 0 Å². The van der Waals surface area contributed by atoms with Crippen molar-refractivity contribution >= 4 is 43.5 Å². The average molecular weight is 395 g/mol. The van der Waals surface area contributed by atoms with Crippen molar-refractivity contribution in [3.8, 4) is 0 Å². The zero-order valence-corrected chi connectivity index (χ0v) is 13.9. The molecule has 0 aliphatic carbocycles. The standard InChI is InChI=1S/C13H17Br2NO3/c1-2-3-4-18-5-6-19-13(17)10-7-9(14)8-11(15)12(10)16/h7-8H,2-6,16H2,1H3. The lowest BCUT2D eigenvalue weighted by Gasteiger charge is -2.09. The Morgan fingerprint density at radius 2 is 2.00 bits per heavy atom. The van der Waals surface area contributed by atoms with Crippen LogP contribution < -0.4 is 5.73 Å². The molecule has 0 unspecified atom stereocenters. The van der Waals surface area contributed by atoms with Gasteiger partial charge in [-0.3, -0.25) is 0 Å². The van der Waals surface area contributed by atoms with E-state index in [2.05, 4.69) is 38.8 Å². The number of anilines is 1. The summed E-state index contributed by atoms with van der Waals surface area (Å²) in [5.74, 6) is -0.446. The maximum Gasteiger partial charge on any atom is 0.340 e. The summed E-state index contributed by atoms with van der Waals surface area (Å²) in [6.45, 7) is 3.42. The summed E-state index contributed by atoms with van der Waals surface area (Å²) < 4.78 is 11.8. The zero-order chi connectivity index (χ0) is 14.3. The number of unbranched alkanes of at least 4 members (excludes halogenated alkanes) is 1. The molecule has 0 saturated heterocycles. The van der Waals surface area contributed by atoms with Crippen molar-refractivity contribution in [3.63, 3.8) is 0 Å². The van der Waals surface area contributed by atoms with Crippen LogP contribution in [0.1, 0.15) is 30.1 Å². The van der Waals surface area contributed by atoms with E-state index in [0.717, 1.165) is 17.3 Å². The van der Waals surface area contributed by atoms with Gasteiger partial charge in [0.15, 0.2) is 0 Å². The minimum atomic E-state index is -0.446. The molecule has 0 heterocycles. The van der Waals surface area contributed by atoms with Crippen LogP contribution >= 0.6 is 31.9 Å². The molecule has 1 aromatic carbocycles. The number of nitrogen functional groups attached to an aromatic ring is 1. The number of hydrogen-bond acceptors (Lipinski definition) is 4. The lowest BCUT2D eigenvalue weighted by atomic mass is 10.2. The number of hydrogen-bond donors (Lipinski definition) is 1. The predicted octanol–water partition coefficient (Wildman–Crippen LogP) is 3.77. The Kier molecular flexibility index (Phi) is 7.41. The van der Waals surface area contributed by atoms with Crippen LogP contribution in [0.25, 0.3) is 0 Å². The molecule has 0 bridgehead atoms. The van der Waals surface area contributed by atoms with E-state index in [0.29, 0.717) is 28.9 Å². The van der Waals surface area contributed by atoms with Gasteiger partial charge in [-0.05, 0) is 34.5 Å². The first-order valence-electron chi connectivity index (χ1n) is 6.05. The monoisotopic (exact) mass is 393 g/mol. The van der Waals surface area contributed by atoms with Gasteiger partial charge in [0.1, 0.15) is 6.61 Å². The highest BCUT2D eigenvalue weighted by molar-refractivity contribution is 9.11. The Balaban J connectivity index is 2.46. The topological polar surface area (TPSA) is 61.5 Å². The number of halogens is 2. The van der Waals surface area contributed by atoms with Gasteiger partial charge >= 0.3 is 5.97 Å². The molecule has 0 fully saturated rings. The molecule has 0 aliphatic heterocycles. The van der Waals surface area contributed by atoms with Gasteiger partial charge < -0.3 is 15.2 Å². The second-order valence-corrected chi connectivity index (χ2v) is 5.72. The van der Waals surface area contributed by atoms with E-state index >= 15 is 0 Å². The maximum absolute atomic E-state index is 11.9. The summed E-state index contributed by atoms with van der Waals surface area (Å²) in [5, 5.41) is 0. The molecule has 19 heavy (non-hydrogen) atoms. The summed E-state index contributed by atoms with van der Waals surface area (Å²) in [5.41, 5.74) is 6.54. The van der Waals surface area contributed by atoms with E-state index in [1.165, 1.54) is 0 Å². The van der Waals surface area contributed by atoms with Crippen LogP contribution in [-0.2, 0) is 9.47 Å². The maximum atomic E-state index is 11.9. The summed E-state index contributed by atoms with van der Waals surface area (Å²) in [6.07, 6.45) is 2.10. The fraction of sp³-hybridized carbons (Fsp3) is 0.462. The summed E-state index contributed by atoms with van der Waals surface area (Å²) >= 11 is 6.60. The second kappa shape index (κ2) is 8.55. The molecular weight excluding hydrogens is 378 g/mol. The molecule has 1 rings (SSSR count). The largest absolute Gasteiger partial charge is 0.460 e. The van der Waals surface area contributed by atoms with Crippen molar-refractivity contribution in [1.82, 2.24) is 0 Å². The molecule has 2 N–H and O–H groups in total. The first kappa shape index (κ1) is 16.5. The number of rotatable bonds is 7. The Labute approximate surface area is 129 Å². The van der Waals surface area contributed by atoms with E-state index in [1.807, 2.05) is 0 Å². The summed E-state index contributed by atoms with van der Waals surface area (Å²) in [4.78, 5) is 11.9. The van der Waals surface area contributed by atoms with Crippen molar-refractivity contribution in [3.05, 3.63) is 26.6 Å². The van der Waals surface area contributed by atoms with Gasteiger partial charge in [0.25, 0.3) is 0 Å². The lowest BCUT2D eigenvalue weighted by molar-refractivity contribution is 0.0314. The third-order valence-corrected chi connectivity index (χ3v) is 3.53. The van der Waals surface area contributed by atoms with Crippen LogP contribution in [-0.4, -0.2) is 25.8 Å². The Hall–Kier alpha value is -0.590. The highest BCUT2D eigenvalue weighted by Gasteiger charge is 2.14. The highest BCUT2D eigenvalue weighted by Crippen LogP contribution is 2.28. The molecule has 4 nitrogen and oxygen atoms in total. The third kappa shape index (κ3) is 5.50. The predicted molar refractivity (Wildman–Crippen MR) is 82.3 cm³/mol. The third-order valence-electron chi connectivity index (χ3n) is 2.42. The van der Waals surface area contributed by atoms with E-state index in [-0.39, 0.29) is 6.61 Å². The first-order valence-corrected chi connectivity index (χ1v) is 7.64. The molecule has 0 aromatic heterocycles. The quantitative estimate of drug-likeness (QED) is 0.434. The van der Waals surface area contributed by atoms with Gasteiger partial charge in [-0.25, -0.2) is 4.79 Å². The highest BCUT2D eigenvalue weighted by atomic mass is 79.9. The Morgan fingerprint density at radius 3 is 2.68 bits per heavy atom. The fourth-order valence-corrected chi connectivity index (χ4v) is 2.60. The number of carbonyl (C=O) groups excluding carboxylic acids is 1. The van der Waals surface area contributed by atoms with Crippen LogP contribution in [0.15, 0.2) is 21.1 Å². The molecule has 0 aliphatic rings.